The topological polar surface area (TPSA) is 69.4 Å². The number of aryl methyl sites for hydroxylation is 1. The summed E-state index contributed by atoms with van der Waals surface area (Å²) in [5.41, 5.74) is 6.77. The zero-order chi connectivity index (χ0) is 15.6. The van der Waals surface area contributed by atoms with Crippen LogP contribution in [0, 0.1) is 12.7 Å². The summed E-state index contributed by atoms with van der Waals surface area (Å²) in [7, 11) is -2.30. The Hall–Kier alpha value is -2.08. The molecule has 0 atom stereocenters. The second-order valence-electron chi connectivity index (χ2n) is 4.70. The smallest absolute Gasteiger partial charge is 0.184 e. The van der Waals surface area contributed by atoms with Gasteiger partial charge in [0.05, 0.1) is 23.4 Å². The summed E-state index contributed by atoms with van der Waals surface area (Å²) in [6, 6.07) is 8.85. The highest BCUT2D eigenvalue weighted by Gasteiger charge is 2.21. The Morgan fingerprint density at radius 1 is 1.24 bits per heavy atom. The minimum atomic E-state index is -3.71. The molecular weight excluding hydrogens is 293 g/mol. The molecule has 112 valence electrons. The van der Waals surface area contributed by atoms with Crippen LogP contribution in [-0.4, -0.2) is 15.5 Å². The molecule has 0 heterocycles. The summed E-state index contributed by atoms with van der Waals surface area (Å²) < 4.78 is 43.6. The summed E-state index contributed by atoms with van der Waals surface area (Å²) in [5, 5.41) is 0. The van der Waals surface area contributed by atoms with Crippen molar-refractivity contribution in [3.8, 4) is 5.75 Å². The van der Waals surface area contributed by atoms with Gasteiger partial charge in [-0.2, -0.15) is 0 Å². The predicted octanol–water partition coefficient (Wildman–Crippen LogP) is 2.70. The molecule has 0 amide bonds. The molecule has 0 aliphatic rings. The van der Waals surface area contributed by atoms with Crippen molar-refractivity contribution in [3.63, 3.8) is 0 Å². The molecular formula is C15H16FNO3S. The van der Waals surface area contributed by atoms with E-state index in [0.29, 0.717) is 11.3 Å². The molecule has 0 bridgehead atoms. The van der Waals surface area contributed by atoms with Crippen LogP contribution < -0.4 is 10.5 Å². The molecule has 0 unspecified atom stereocenters. The van der Waals surface area contributed by atoms with Gasteiger partial charge in [-0.1, -0.05) is 18.2 Å². The molecule has 21 heavy (non-hydrogen) atoms. The molecule has 6 heteroatoms. The van der Waals surface area contributed by atoms with Crippen molar-refractivity contribution in [3.05, 3.63) is 53.3 Å². The zero-order valence-corrected chi connectivity index (χ0v) is 12.6. The minimum absolute atomic E-state index is 0.0257. The Morgan fingerprint density at radius 3 is 2.57 bits per heavy atom. The first kappa shape index (κ1) is 15.3. The number of halogens is 1. The van der Waals surface area contributed by atoms with Gasteiger partial charge in [-0.05, 0) is 24.6 Å². The van der Waals surface area contributed by atoms with E-state index >= 15 is 0 Å². The number of nitrogens with two attached hydrogens (primary N) is 1. The van der Waals surface area contributed by atoms with E-state index in [9.17, 15) is 12.8 Å². The molecule has 0 saturated heterocycles. The van der Waals surface area contributed by atoms with Crippen molar-refractivity contribution < 1.29 is 17.5 Å². The Bertz CT molecular complexity index is 772. The van der Waals surface area contributed by atoms with Gasteiger partial charge in [-0.25, -0.2) is 12.8 Å². The molecule has 2 rings (SSSR count). The van der Waals surface area contributed by atoms with Crippen molar-refractivity contribution in [2.24, 2.45) is 0 Å². The van der Waals surface area contributed by atoms with Gasteiger partial charge < -0.3 is 10.5 Å². The zero-order valence-electron chi connectivity index (χ0n) is 11.8. The minimum Gasteiger partial charge on any atom is -0.497 e. The number of para-hydroxylation sites is 1. The highest BCUT2D eigenvalue weighted by Crippen LogP contribution is 2.26. The van der Waals surface area contributed by atoms with Crippen LogP contribution in [0.5, 0.6) is 5.75 Å². The molecule has 2 N–H and O–H groups in total. The van der Waals surface area contributed by atoms with E-state index in [0.717, 1.165) is 6.07 Å². The van der Waals surface area contributed by atoms with Crippen molar-refractivity contribution in [2.75, 3.05) is 12.8 Å². The van der Waals surface area contributed by atoms with Crippen LogP contribution in [-0.2, 0) is 15.6 Å². The van der Waals surface area contributed by atoms with Gasteiger partial charge in [0.25, 0.3) is 0 Å². The number of anilines is 1. The Morgan fingerprint density at radius 2 is 1.95 bits per heavy atom. The fourth-order valence-corrected chi connectivity index (χ4v) is 3.56. The molecule has 0 aromatic heterocycles. The van der Waals surface area contributed by atoms with Crippen LogP contribution in [0.1, 0.15) is 11.1 Å². The van der Waals surface area contributed by atoms with Crippen molar-refractivity contribution in [1.82, 2.24) is 0 Å². The lowest BCUT2D eigenvalue weighted by Crippen LogP contribution is -2.10. The second kappa shape index (κ2) is 5.73. The third-order valence-corrected chi connectivity index (χ3v) is 4.94. The van der Waals surface area contributed by atoms with Crippen LogP contribution in [0.2, 0.25) is 0 Å². The van der Waals surface area contributed by atoms with E-state index in [4.69, 9.17) is 10.5 Å². The standard InChI is InChI=1S/C15H16FNO3S/c1-10-4-3-5-14(15(10)17)21(18,19)9-11-6-7-12(20-2)8-13(11)16/h3-8H,9,17H2,1-2H3. The Balaban J connectivity index is 2.40. The molecule has 0 aliphatic heterocycles. The molecule has 2 aromatic rings. The maximum absolute atomic E-state index is 13.9. The summed E-state index contributed by atoms with van der Waals surface area (Å²) in [5.74, 6) is -0.732. The molecule has 4 nitrogen and oxygen atoms in total. The molecule has 0 spiro atoms. The van der Waals surface area contributed by atoms with Gasteiger partial charge in [0, 0.05) is 11.6 Å². The second-order valence-corrected chi connectivity index (χ2v) is 6.66. The van der Waals surface area contributed by atoms with Crippen LogP contribution in [0.4, 0.5) is 10.1 Å². The number of hydrogen-bond acceptors (Lipinski definition) is 4. The van der Waals surface area contributed by atoms with E-state index in [-0.39, 0.29) is 16.1 Å². The lowest BCUT2D eigenvalue weighted by atomic mass is 10.2. The van der Waals surface area contributed by atoms with Gasteiger partial charge in [0.1, 0.15) is 11.6 Å². The number of rotatable bonds is 4. The number of hydrogen-bond donors (Lipinski definition) is 1. The van der Waals surface area contributed by atoms with Crippen molar-refractivity contribution in [1.29, 1.82) is 0 Å². The van der Waals surface area contributed by atoms with Gasteiger partial charge in [-0.3, -0.25) is 0 Å². The lowest BCUT2D eigenvalue weighted by molar-refractivity contribution is 0.411. The first-order valence-corrected chi connectivity index (χ1v) is 7.90. The fourth-order valence-electron chi connectivity index (χ4n) is 1.98. The predicted molar refractivity (Wildman–Crippen MR) is 79.4 cm³/mol. The average Bonchev–Trinajstić information content (AvgIpc) is 2.43. The van der Waals surface area contributed by atoms with Crippen LogP contribution in [0.3, 0.4) is 0 Å². The van der Waals surface area contributed by atoms with E-state index in [2.05, 4.69) is 0 Å². The van der Waals surface area contributed by atoms with Crippen LogP contribution in [0.25, 0.3) is 0 Å². The fraction of sp³-hybridized carbons (Fsp3) is 0.200. The highest BCUT2D eigenvalue weighted by atomic mass is 32.2. The van der Waals surface area contributed by atoms with Crippen molar-refractivity contribution in [2.45, 2.75) is 17.6 Å². The summed E-state index contributed by atoms with van der Waals surface area (Å²) in [6.07, 6.45) is 0. The monoisotopic (exact) mass is 309 g/mol. The van der Waals surface area contributed by atoms with E-state index in [1.165, 1.54) is 25.3 Å². The van der Waals surface area contributed by atoms with Gasteiger partial charge in [0.2, 0.25) is 0 Å². The number of methoxy groups -OCH3 is 1. The van der Waals surface area contributed by atoms with E-state index < -0.39 is 21.4 Å². The number of benzene rings is 2. The lowest BCUT2D eigenvalue weighted by Gasteiger charge is -2.10. The summed E-state index contributed by atoms with van der Waals surface area (Å²) in [4.78, 5) is 0.0257. The van der Waals surface area contributed by atoms with Gasteiger partial charge in [-0.15, -0.1) is 0 Å². The van der Waals surface area contributed by atoms with Crippen LogP contribution in [0.15, 0.2) is 41.3 Å². The Labute approximate surface area is 123 Å². The third-order valence-electron chi connectivity index (χ3n) is 3.22. The summed E-state index contributed by atoms with van der Waals surface area (Å²) in [6.45, 7) is 1.72. The maximum atomic E-state index is 13.9. The Kier molecular flexibility index (Phi) is 4.18. The largest absolute Gasteiger partial charge is 0.497 e. The van der Waals surface area contributed by atoms with E-state index in [1.54, 1.807) is 19.1 Å². The number of nitrogen functional groups attached to an aromatic ring is 1. The average molecular weight is 309 g/mol. The normalized spacial score (nSPS) is 11.4. The molecule has 0 fully saturated rings. The van der Waals surface area contributed by atoms with E-state index in [1.807, 2.05) is 0 Å². The summed E-state index contributed by atoms with van der Waals surface area (Å²) >= 11 is 0. The van der Waals surface area contributed by atoms with Gasteiger partial charge >= 0.3 is 0 Å². The maximum Gasteiger partial charge on any atom is 0.184 e. The first-order valence-electron chi connectivity index (χ1n) is 6.25. The molecule has 0 saturated carbocycles. The SMILES string of the molecule is COc1ccc(CS(=O)(=O)c2cccc(C)c2N)c(F)c1. The highest BCUT2D eigenvalue weighted by molar-refractivity contribution is 7.90. The van der Waals surface area contributed by atoms with Gasteiger partial charge in [0.15, 0.2) is 9.84 Å². The number of ether oxygens (including phenoxy) is 1. The quantitative estimate of drug-likeness (QED) is 0.882. The number of sulfone groups is 1. The third kappa shape index (κ3) is 3.16. The van der Waals surface area contributed by atoms with Crippen LogP contribution >= 0.6 is 0 Å². The van der Waals surface area contributed by atoms with Crippen molar-refractivity contribution >= 4 is 15.5 Å². The molecule has 0 aliphatic carbocycles. The molecule has 2 aromatic carbocycles. The molecule has 0 radical (unpaired) electrons. The first-order chi connectivity index (χ1) is 9.85.